The molecular formula is C19H25NO. The second-order valence-electron chi connectivity index (χ2n) is 6.36. The third-order valence-electron chi connectivity index (χ3n) is 4.90. The minimum absolute atomic E-state index is 0.432. The van der Waals surface area contributed by atoms with Gasteiger partial charge in [0.15, 0.2) is 0 Å². The van der Waals surface area contributed by atoms with Crippen LogP contribution in [0.3, 0.4) is 0 Å². The smallest absolute Gasteiger partial charge is 0.0914 e. The Labute approximate surface area is 127 Å². The molecule has 0 amide bonds. The monoisotopic (exact) mass is 283 g/mol. The van der Waals surface area contributed by atoms with Gasteiger partial charge in [0.1, 0.15) is 0 Å². The van der Waals surface area contributed by atoms with Gasteiger partial charge >= 0.3 is 0 Å². The van der Waals surface area contributed by atoms with Crippen molar-refractivity contribution in [1.82, 2.24) is 5.32 Å². The minimum atomic E-state index is -0.432. The second kappa shape index (κ2) is 6.59. The van der Waals surface area contributed by atoms with Crippen molar-refractivity contribution in [2.24, 2.45) is 5.92 Å². The first kappa shape index (κ1) is 14.6. The van der Waals surface area contributed by atoms with Crippen molar-refractivity contribution in [3.05, 3.63) is 48.0 Å². The van der Waals surface area contributed by atoms with Crippen LogP contribution in [0.25, 0.3) is 10.8 Å². The average molecular weight is 283 g/mol. The van der Waals surface area contributed by atoms with Crippen LogP contribution in [0.5, 0.6) is 0 Å². The van der Waals surface area contributed by atoms with Crippen LogP contribution in [0.1, 0.15) is 44.3 Å². The SMILES string of the molecule is CC(NCC(O)c1ccc2ccccc2c1)C1CCCC1. The van der Waals surface area contributed by atoms with E-state index in [-0.39, 0.29) is 0 Å². The van der Waals surface area contributed by atoms with Gasteiger partial charge in [-0.3, -0.25) is 0 Å². The van der Waals surface area contributed by atoms with Crippen LogP contribution in [0.15, 0.2) is 42.5 Å². The van der Waals surface area contributed by atoms with E-state index in [1.807, 2.05) is 18.2 Å². The molecule has 0 heterocycles. The first-order valence-corrected chi connectivity index (χ1v) is 8.14. The van der Waals surface area contributed by atoms with E-state index in [2.05, 4.69) is 36.5 Å². The lowest BCUT2D eigenvalue weighted by Gasteiger charge is -2.22. The molecule has 2 unspecified atom stereocenters. The molecule has 1 fully saturated rings. The normalized spacial score (nSPS) is 19.0. The van der Waals surface area contributed by atoms with E-state index < -0.39 is 6.10 Å². The van der Waals surface area contributed by atoms with Crippen molar-refractivity contribution in [2.75, 3.05) is 6.54 Å². The van der Waals surface area contributed by atoms with Gasteiger partial charge in [0.25, 0.3) is 0 Å². The van der Waals surface area contributed by atoms with Gasteiger partial charge in [-0.1, -0.05) is 49.2 Å². The molecule has 0 spiro atoms. The third-order valence-corrected chi connectivity index (χ3v) is 4.90. The van der Waals surface area contributed by atoms with Gasteiger partial charge in [0.05, 0.1) is 6.10 Å². The van der Waals surface area contributed by atoms with E-state index in [9.17, 15) is 5.11 Å². The van der Waals surface area contributed by atoms with E-state index in [0.717, 1.165) is 11.5 Å². The van der Waals surface area contributed by atoms with Gasteiger partial charge in [0, 0.05) is 12.6 Å². The van der Waals surface area contributed by atoms with Gasteiger partial charge in [-0.2, -0.15) is 0 Å². The summed E-state index contributed by atoms with van der Waals surface area (Å²) >= 11 is 0. The maximum absolute atomic E-state index is 10.4. The summed E-state index contributed by atoms with van der Waals surface area (Å²) in [6, 6.07) is 15.0. The average Bonchev–Trinajstić information content (AvgIpc) is 3.06. The molecule has 0 aliphatic heterocycles. The quantitative estimate of drug-likeness (QED) is 0.868. The summed E-state index contributed by atoms with van der Waals surface area (Å²) < 4.78 is 0. The van der Waals surface area contributed by atoms with Gasteiger partial charge in [0.2, 0.25) is 0 Å². The fourth-order valence-corrected chi connectivity index (χ4v) is 3.45. The number of aliphatic hydroxyl groups is 1. The zero-order valence-electron chi connectivity index (χ0n) is 12.8. The Morgan fingerprint density at radius 3 is 2.57 bits per heavy atom. The fraction of sp³-hybridized carbons (Fsp3) is 0.474. The molecule has 2 nitrogen and oxygen atoms in total. The standard InChI is InChI=1S/C19H25NO/c1-14(15-6-2-3-7-15)20-13-19(21)18-11-10-16-8-4-5-9-17(16)12-18/h4-5,8-12,14-15,19-21H,2-3,6-7,13H2,1H3. The Balaban J connectivity index is 1.62. The van der Waals surface area contributed by atoms with E-state index in [1.54, 1.807) is 0 Å². The molecule has 2 heteroatoms. The lowest BCUT2D eigenvalue weighted by molar-refractivity contribution is 0.165. The lowest BCUT2D eigenvalue weighted by Crippen LogP contribution is -2.35. The molecule has 2 aromatic carbocycles. The zero-order valence-corrected chi connectivity index (χ0v) is 12.8. The zero-order chi connectivity index (χ0) is 14.7. The molecule has 1 saturated carbocycles. The number of hydrogen-bond acceptors (Lipinski definition) is 2. The van der Waals surface area contributed by atoms with Crippen LogP contribution in [-0.4, -0.2) is 17.7 Å². The summed E-state index contributed by atoms with van der Waals surface area (Å²) in [5.41, 5.74) is 1.000. The topological polar surface area (TPSA) is 32.3 Å². The highest BCUT2D eigenvalue weighted by Crippen LogP contribution is 2.28. The van der Waals surface area contributed by atoms with Crippen molar-refractivity contribution in [3.8, 4) is 0 Å². The molecule has 21 heavy (non-hydrogen) atoms. The van der Waals surface area contributed by atoms with Crippen molar-refractivity contribution in [2.45, 2.75) is 44.8 Å². The van der Waals surface area contributed by atoms with Gasteiger partial charge < -0.3 is 10.4 Å². The van der Waals surface area contributed by atoms with Crippen molar-refractivity contribution in [3.63, 3.8) is 0 Å². The predicted octanol–water partition coefficient (Wildman–Crippen LogP) is 4.04. The molecule has 0 saturated heterocycles. The molecule has 3 rings (SSSR count). The minimum Gasteiger partial charge on any atom is -0.387 e. The fourth-order valence-electron chi connectivity index (χ4n) is 3.45. The Morgan fingerprint density at radius 1 is 1.10 bits per heavy atom. The van der Waals surface area contributed by atoms with Crippen LogP contribution in [0.4, 0.5) is 0 Å². The summed E-state index contributed by atoms with van der Waals surface area (Å²) in [6.07, 6.45) is 4.97. The van der Waals surface area contributed by atoms with Crippen LogP contribution in [-0.2, 0) is 0 Å². The Kier molecular flexibility index (Phi) is 4.57. The highest BCUT2D eigenvalue weighted by atomic mass is 16.3. The number of fused-ring (bicyclic) bond motifs is 1. The van der Waals surface area contributed by atoms with Crippen LogP contribution in [0.2, 0.25) is 0 Å². The summed E-state index contributed by atoms with van der Waals surface area (Å²) in [5.74, 6) is 0.786. The highest BCUT2D eigenvalue weighted by molar-refractivity contribution is 5.83. The van der Waals surface area contributed by atoms with Gasteiger partial charge in [-0.05, 0) is 48.1 Å². The third kappa shape index (κ3) is 3.45. The first-order valence-electron chi connectivity index (χ1n) is 8.14. The Morgan fingerprint density at radius 2 is 1.81 bits per heavy atom. The predicted molar refractivity (Wildman–Crippen MR) is 88.3 cm³/mol. The molecule has 1 aliphatic carbocycles. The van der Waals surface area contributed by atoms with Crippen LogP contribution >= 0.6 is 0 Å². The number of aliphatic hydroxyl groups excluding tert-OH is 1. The summed E-state index contributed by atoms with van der Waals surface area (Å²) in [4.78, 5) is 0. The molecule has 0 aromatic heterocycles. The van der Waals surface area contributed by atoms with Crippen molar-refractivity contribution < 1.29 is 5.11 Å². The maximum Gasteiger partial charge on any atom is 0.0914 e. The Hall–Kier alpha value is -1.38. The molecule has 2 aromatic rings. The molecule has 2 atom stereocenters. The summed E-state index contributed by atoms with van der Waals surface area (Å²) in [5, 5.41) is 16.3. The van der Waals surface area contributed by atoms with Crippen molar-refractivity contribution in [1.29, 1.82) is 0 Å². The molecule has 112 valence electrons. The molecular weight excluding hydrogens is 258 g/mol. The molecule has 0 bridgehead atoms. The lowest BCUT2D eigenvalue weighted by atomic mass is 9.99. The number of hydrogen-bond donors (Lipinski definition) is 2. The highest BCUT2D eigenvalue weighted by Gasteiger charge is 2.21. The van der Waals surface area contributed by atoms with Crippen LogP contribution in [0, 0.1) is 5.92 Å². The molecule has 1 aliphatic rings. The van der Waals surface area contributed by atoms with E-state index in [4.69, 9.17) is 0 Å². The van der Waals surface area contributed by atoms with E-state index >= 15 is 0 Å². The summed E-state index contributed by atoms with van der Waals surface area (Å²) in [6.45, 7) is 2.89. The van der Waals surface area contributed by atoms with Crippen molar-refractivity contribution >= 4 is 10.8 Å². The molecule has 2 N–H and O–H groups in total. The summed E-state index contributed by atoms with van der Waals surface area (Å²) in [7, 11) is 0. The molecule has 0 radical (unpaired) electrons. The largest absolute Gasteiger partial charge is 0.387 e. The van der Waals surface area contributed by atoms with Crippen LogP contribution < -0.4 is 5.32 Å². The van der Waals surface area contributed by atoms with Gasteiger partial charge in [-0.25, -0.2) is 0 Å². The second-order valence-corrected chi connectivity index (χ2v) is 6.36. The number of rotatable bonds is 5. The Bertz CT molecular complexity index is 589. The maximum atomic E-state index is 10.4. The van der Waals surface area contributed by atoms with E-state index in [1.165, 1.54) is 36.5 Å². The first-order chi connectivity index (χ1) is 10.2. The van der Waals surface area contributed by atoms with Gasteiger partial charge in [-0.15, -0.1) is 0 Å². The number of nitrogens with one attached hydrogen (secondary N) is 1. The van der Waals surface area contributed by atoms with E-state index in [0.29, 0.717) is 12.6 Å². The number of benzene rings is 2.